The van der Waals surface area contributed by atoms with E-state index in [2.05, 4.69) is 10.6 Å². The molecule has 6 heteroatoms. The predicted octanol–water partition coefficient (Wildman–Crippen LogP) is 0.718. The number of carboxylic acid groups (broad SMARTS) is 1. The predicted molar refractivity (Wildman–Crippen MR) is 61.8 cm³/mol. The zero-order valence-corrected chi connectivity index (χ0v) is 10.1. The number of carboxylic acids is 1. The third-order valence-electron chi connectivity index (χ3n) is 2.92. The quantitative estimate of drug-likeness (QED) is 0.601. The first-order valence-corrected chi connectivity index (χ1v) is 5.92. The lowest BCUT2D eigenvalue weighted by Crippen LogP contribution is -2.46. The van der Waals surface area contributed by atoms with E-state index in [4.69, 9.17) is 9.84 Å². The van der Waals surface area contributed by atoms with Crippen molar-refractivity contribution < 1.29 is 19.4 Å². The van der Waals surface area contributed by atoms with Crippen molar-refractivity contribution in [2.45, 2.75) is 44.2 Å². The Morgan fingerprint density at radius 2 is 2.18 bits per heavy atom. The Morgan fingerprint density at radius 3 is 2.82 bits per heavy atom. The molecule has 2 amide bonds. The van der Waals surface area contributed by atoms with E-state index in [0.29, 0.717) is 13.0 Å². The number of rotatable bonds is 6. The van der Waals surface area contributed by atoms with E-state index in [1.807, 2.05) is 0 Å². The van der Waals surface area contributed by atoms with Gasteiger partial charge in [0.15, 0.2) is 0 Å². The molecule has 0 heterocycles. The van der Waals surface area contributed by atoms with E-state index in [9.17, 15) is 9.59 Å². The van der Waals surface area contributed by atoms with Gasteiger partial charge in [-0.2, -0.15) is 0 Å². The number of nitrogens with one attached hydrogen (secondary N) is 2. The number of aliphatic carboxylic acids is 1. The largest absolute Gasteiger partial charge is 0.481 e. The molecule has 0 saturated heterocycles. The van der Waals surface area contributed by atoms with Gasteiger partial charge in [0.05, 0.1) is 12.1 Å². The molecule has 2 unspecified atom stereocenters. The van der Waals surface area contributed by atoms with Crippen molar-refractivity contribution in [3.05, 3.63) is 0 Å². The minimum atomic E-state index is -0.845. The number of ether oxygens (including phenoxy) is 1. The summed E-state index contributed by atoms with van der Waals surface area (Å²) in [6.45, 7) is 0.377. The average molecular weight is 244 g/mol. The van der Waals surface area contributed by atoms with Crippen molar-refractivity contribution in [3.8, 4) is 0 Å². The summed E-state index contributed by atoms with van der Waals surface area (Å²) in [5, 5.41) is 13.9. The summed E-state index contributed by atoms with van der Waals surface area (Å²) in [6.07, 6.45) is 3.58. The molecule has 6 nitrogen and oxygen atoms in total. The normalized spacial score (nSPS) is 23.4. The lowest BCUT2D eigenvalue weighted by atomic mass is 10.2. The second kappa shape index (κ2) is 7.11. The first-order valence-electron chi connectivity index (χ1n) is 5.92. The fourth-order valence-corrected chi connectivity index (χ4v) is 2.03. The topological polar surface area (TPSA) is 87.7 Å². The molecule has 0 spiro atoms. The van der Waals surface area contributed by atoms with Crippen LogP contribution in [0.1, 0.15) is 32.1 Å². The van der Waals surface area contributed by atoms with E-state index < -0.39 is 5.97 Å². The Morgan fingerprint density at radius 1 is 1.41 bits per heavy atom. The Hall–Kier alpha value is -1.30. The van der Waals surface area contributed by atoms with Crippen LogP contribution in [0.15, 0.2) is 0 Å². The van der Waals surface area contributed by atoms with Crippen LogP contribution < -0.4 is 10.6 Å². The first-order chi connectivity index (χ1) is 8.13. The second-order valence-corrected chi connectivity index (χ2v) is 4.21. The van der Waals surface area contributed by atoms with Gasteiger partial charge in [0, 0.05) is 20.1 Å². The zero-order valence-electron chi connectivity index (χ0n) is 10.1. The summed E-state index contributed by atoms with van der Waals surface area (Å²) < 4.78 is 5.26. The van der Waals surface area contributed by atoms with E-state index in [-0.39, 0.29) is 24.6 Å². The minimum absolute atomic E-state index is 0.0690. The van der Waals surface area contributed by atoms with Gasteiger partial charge in [-0.25, -0.2) is 4.79 Å². The molecule has 2 atom stereocenters. The molecule has 1 saturated carbocycles. The molecule has 1 rings (SSSR count). The number of methoxy groups -OCH3 is 1. The third-order valence-corrected chi connectivity index (χ3v) is 2.92. The molecule has 0 radical (unpaired) electrons. The smallest absolute Gasteiger partial charge is 0.315 e. The van der Waals surface area contributed by atoms with E-state index >= 15 is 0 Å². The highest BCUT2D eigenvalue weighted by atomic mass is 16.5. The van der Waals surface area contributed by atoms with Gasteiger partial charge in [0.1, 0.15) is 0 Å². The Kier molecular flexibility index (Phi) is 5.76. The maximum atomic E-state index is 11.5. The summed E-state index contributed by atoms with van der Waals surface area (Å²) in [6, 6.07) is -0.177. The van der Waals surface area contributed by atoms with E-state index in [1.54, 1.807) is 7.11 Å². The van der Waals surface area contributed by atoms with Gasteiger partial charge in [-0.15, -0.1) is 0 Å². The van der Waals surface area contributed by atoms with Gasteiger partial charge in [-0.05, 0) is 25.7 Å². The van der Waals surface area contributed by atoms with Crippen LogP contribution in [0, 0.1) is 0 Å². The van der Waals surface area contributed by atoms with Crippen LogP contribution in [0.25, 0.3) is 0 Å². The molecule has 1 aliphatic rings. The standard InChI is InChI=1S/C11H20N2O4/c1-17-9-5-2-4-8(9)13-11(16)12-7-3-6-10(14)15/h8-9H,2-7H2,1H3,(H,14,15)(H2,12,13,16). The summed E-state index contributed by atoms with van der Waals surface area (Å²) in [5.74, 6) is -0.845. The number of carbonyl (C=O) groups excluding carboxylic acids is 1. The molecule has 1 aliphatic carbocycles. The molecular weight excluding hydrogens is 224 g/mol. The van der Waals surface area contributed by atoms with Crippen LogP contribution in [0.3, 0.4) is 0 Å². The number of hydrogen-bond acceptors (Lipinski definition) is 3. The average Bonchev–Trinajstić information content (AvgIpc) is 2.71. The molecule has 0 aromatic carbocycles. The maximum absolute atomic E-state index is 11.5. The Labute approximate surface area is 101 Å². The highest BCUT2D eigenvalue weighted by molar-refractivity contribution is 5.74. The monoisotopic (exact) mass is 244 g/mol. The molecule has 3 N–H and O–H groups in total. The van der Waals surface area contributed by atoms with Crippen molar-refractivity contribution in [3.63, 3.8) is 0 Å². The molecule has 0 aliphatic heterocycles. The van der Waals surface area contributed by atoms with Gasteiger partial charge in [0.2, 0.25) is 0 Å². The molecule has 17 heavy (non-hydrogen) atoms. The highest BCUT2D eigenvalue weighted by Crippen LogP contribution is 2.21. The molecule has 1 fully saturated rings. The fourth-order valence-electron chi connectivity index (χ4n) is 2.03. The Bertz CT molecular complexity index is 270. The second-order valence-electron chi connectivity index (χ2n) is 4.21. The van der Waals surface area contributed by atoms with Crippen LogP contribution >= 0.6 is 0 Å². The fraction of sp³-hybridized carbons (Fsp3) is 0.818. The van der Waals surface area contributed by atoms with Gasteiger partial charge in [-0.3, -0.25) is 4.79 Å². The van der Waals surface area contributed by atoms with Gasteiger partial charge >= 0.3 is 12.0 Å². The molecular formula is C11H20N2O4. The molecule has 0 aromatic heterocycles. The van der Waals surface area contributed by atoms with E-state index in [0.717, 1.165) is 19.3 Å². The van der Waals surface area contributed by atoms with E-state index in [1.165, 1.54) is 0 Å². The van der Waals surface area contributed by atoms with Crippen LogP contribution in [0.2, 0.25) is 0 Å². The van der Waals surface area contributed by atoms with Gasteiger partial charge in [-0.1, -0.05) is 0 Å². The number of carbonyl (C=O) groups is 2. The lowest BCUT2D eigenvalue weighted by Gasteiger charge is -2.19. The lowest BCUT2D eigenvalue weighted by molar-refractivity contribution is -0.137. The van der Waals surface area contributed by atoms with Crippen LogP contribution in [-0.2, 0) is 9.53 Å². The van der Waals surface area contributed by atoms with Crippen LogP contribution in [-0.4, -0.2) is 42.9 Å². The molecule has 98 valence electrons. The maximum Gasteiger partial charge on any atom is 0.315 e. The summed E-state index contributed by atoms with van der Waals surface area (Å²) in [7, 11) is 1.65. The number of urea groups is 1. The van der Waals surface area contributed by atoms with Crippen molar-refractivity contribution in [1.29, 1.82) is 0 Å². The first kappa shape index (κ1) is 13.8. The van der Waals surface area contributed by atoms with Crippen LogP contribution in [0.5, 0.6) is 0 Å². The number of amides is 2. The van der Waals surface area contributed by atoms with Crippen molar-refractivity contribution >= 4 is 12.0 Å². The van der Waals surface area contributed by atoms with Crippen LogP contribution in [0.4, 0.5) is 4.79 Å². The summed E-state index contributed by atoms with van der Waals surface area (Å²) >= 11 is 0. The zero-order chi connectivity index (χ0) is 12.7. The van der Waals surface area contributed by atoms with Crippen molar-refractivity contribution in [2.24, 2.45) is 0 Å². The summed E-state index contributed by atoms with van der Waals surface area (Å²) in [4.78, 5) is 21.7. The number of hydrogen-bond donors (Lipinski definition) is 3. The molecule has 0 aromatic rings. The minimum Gasteiger partial charge on any atom is -0.481 e. The van der Waals surface area contributed by atoms with Gasteiger partial charge < -0.3 is 20.5 Å². The molecule has 0 bridgehead atoms. The van der Waals surface area contributed by atoms with Gasteiger partial charge in [0.25, 0.3) is 0 Å². The summed E-state index contributed by atoms with van der Waals surface area (Å²) in [5.41, 5.74) is 0. The third kappa shape index (κ3) is 5.04. The highest BCUT2D eigenvalue weighted by Gasteiger charge is 2.28. The van der Waals surface area contributed by atoms with Crippen molar-refractivity contribution in [2.75, 3.05) is 13.7 Å². The Balaban J connectivity index is 2.14. The van der Waals surface area contributed by atoms with Crippen molar-refractivity contribution in [1.82, 2.24) is 10.6 Å². The SMILES string of the molecule is COC1CCCC1NC(=O)NCCCC(=O)O.